The summed E-state index contributed by atoms with van der Waals surface area (Å²) in [7, 11) is 0. The van der Waals surface area contributed by atoms with E-state index >= 15 is 0 Å². The minimum absolute atomic E-state index is 0.269. The van der Waals surface area contributed by atoms with Crippen LogP contribution in [0.3, 0.4) is 0 Å². The van der Waals surface area contributed by atoms with E-state index in [9.17, 15) is 14.7 Å². The molecule has 0 aromatic heterocycles. The number of anilines is 1. The Labute approximate surface area is 133 Å². The number of carbonyl (C=O) groups is 2. The predicted molar refractivity (Wildman–Crippen MR) is 84.4 cm³/mol. The highest BCUT2D eigenvalue weighted by Gasteiger charge is 2.33. The van der Waals surface area contributed by atoms with Gasteiger partial charge in [-0.1, -0.05) is 12.2 Å². The highest BCUT2D eigenvalue weighted by atomic mass is 32.2. The summed E-state index contributed by atoms with van der Waals surface area (Å²) in [5.41, 5.74) is 0.630. The molecule has 1 amide bonds. The maximum atomic E-state index is 12.3. The van der Waals surface area contributed by atoms with Gasteiger partial charge >= 0.3 is 5.97 Å². The summed E-state index contributed by atoms with van der Waals surface area (Å²) in [6.07, 6.45) is 4.49. The number of benzene rings is 1. The maximum absolute atomic E-state index is 12.3. The number of aliphatic carboxylic acids is 1. The maximum Gasteiger partial charge on any atom is 0.307 e. The number of carbonyl (C=O) groups excluding carboxylic acids is 1. The molecule has 1 aliphatic carbocycles. The number of rotatable bonds is 5. The van der Waals surface area contributed by atoms with Crippen molar-refractivity contribution >= 4 is 29.3 Å². The second-order valence-corrected chi connectivity index (χ2v) is 6.00. The smallest absolute Gasteiger partial charge is 0.307 e. The molecule has 1 aromatic carbocycles. The second-order valence-electron chi connectivity index (χ2n) is 4.95. The van der Waals surface area contributed by atoms with E-state index in [0.29, 0.717) is 24.3 Å². The molecule has 1 aromatic rings. The summed E-state index contributed by atoms with van der Waals surface area (Å²) in [5.74, 6) is -2.05. The first-order valence-electron chi connectivity index (χ1n) is 6.90. The van der Waals surface area contributed by atoms with Crippen molar-refractivity contribution in [3.05, 3.63) is 36.4 Å². The van der Waals surface area contributed by atoms with E-state index in [-0.39, 0.29) is 5.91 Å². The summed E-state index contributed by atoms with van der Waals surface area (Å²) in [6, 6.07) is 9.22. The number of hydrogen-bond donors (Lipinski definition) is 2. The highest BCUT2D eigenvalue weighted by molar-refractivity contribution is 7.99. The molecular formula is C16H16N2O3S. The lowest BCUT2D eigenvalue weighted by Gasteiger charge is -2.24. The summed E-state index contributed by atoms with van der Waals surface area (Å²) in [5, 5.41) is 20.5. The first kappa shape index (κ1) is 16.1. The number of allylic oxidation sites excluding steroid dienone is 2. The number of amides is 1. The molecule has 2 rings (SSSR count). The van der Waals surface area contributed by atoms with Crippen LogP contribution in [-0.2, 0) is 9.59 Å². The van der Waals surface area contributed by atoms with Gasteiger partial charge in [-0.05, 0) is 37.1 Å². The summed E-state index contributed by atoms with van der Waals surface area (Å²) in [6.45, 7) is 0. The first-order valence-corrected chi connectivity index (χ1v) is 7.89. The van der Waals surface area contributed by atoms with Gasteiger partial charge in [0, 0.05) is 10.6 Å². The fraction of sp³-hybridized carbons (Fsp3) is 0.312. The third-order valence-corrected chi connectivity index (χ3v) is 4.39. The fourth-order valence-corrected chi connectivity index (χ4v) is 2.92. The minimum atomic E-state index is -0.937. The summed E-state index contributed by atoms with van der Waals surface area (Å²) < 4.78 is 0. The Kier molecular flexibility index (Phi) is 5.61. The molecule has 2 N–H and O–H groups in total. The van der Waals surface area contributed by atoms with Gasteiger partial charge in [0.1, 0.15) is 0 Å². The zero-order valence-corrected chi connectivity index (χ0v) is 12.7. The molecule has 0 bridgehead atoms. The molecule has 5 nitrogen and oxygen atoms in total. The van der Waals surface area contributed by atoms with Crippen LogP contribution in [0.15, 0.2) is 41.3 Å². The van der Waals surface area contributed by atoms with Crippen LogP contribution in [0, 0.1) is 23.2 Å². The van der Waals surface area contributed by atoms with E-state index in [0.717, 1.165) is 4.90 Å². The number of carboxylic acids is 1. The number of nitriles is 1. The molecule has 0 saturated heterocycles. The highest BCUT2D eigenvalue weighted by Crippen LogP contribution is 2.27. The monoisotopic (exact) mass is 316 g/mol. The Hall–Kier alpha value is -2.26. The lowest BCUT2D eigenvalue weighted by Crippen LogP contribution is -2.34. The summed E-state index contributed by atoms with van der Waals surface area (Å²) >= 11 is 1.42. The molecule has 0 fully saturated rings. The van der Waals surface area contributed by atoms with E-state index in [1.807, 2.05) is 24.3 Å². The summed E-state index contributed by atoms with van der Waals surface area (Å²) in [4.78, 5) is 24.5. The van der Waals surface area contributed by atoms with Gasteiger partial charge in [0.05, 0.1) is 23.7 Å². The van der Waals surface area contributed by atoms with E-state index in [2.05, 4.69) is 11.4 Å². The van der Waals surface area contributed by atoms with Gasteiger partial charge < -0.3 is 10.4 Å². The topological polar surface area (TPSA) is 90.2 Å². The van der Waals surface area contributed by atoms with Crippen molar-refractivity contribution in [2.45, 2.75) is 17.7 Å². The van der Waals surface area contributed by atoms with Crippen LogP contribution in [0.2, 0.25) is 0 Å². The zero-order chi connectivity index (χ0) is 15.9. The van der Waals surface area contributed by atoms with Gasteiger partial charge in [0.15, 0.2) is 0 Å². The van der Waals surface area contributed by atoms with Crippen molar-refractivity contribution in [3.63, 3.8) is 0 Å². The average Bonchev–Trinajstić information content (AvgIpc) is 2.54. The van der Waals surface area contributed by atoms with Crippen molar-refractivity contribution in [1.29, 1.82) is 5.26 Å². The molecule has 6 heteroatoms. The molecule has 114 valence electrons. The van der Waals surface area contributed by atoms with Crippen LogP contribution >= 0.6 is 11.8 Å². The molecule has 2 unspecified atom stereocenters. The Morgan fingerprint density at radius 2 is 1.86 bits per heavy atom. The van der Waals surface area contributed by atoms with Crippen LogP contribution < -0.4 is 5.32 Å². The van der Waals surface area contributed by atoms with Gasteiger partial charge in [-0.2, -0.15) is 5.26 Å². The van der Waals surface area contributed by atoms with Gasteiger partial charge in [-0.25, -0.2) is 0 Å². The van der Waals surface area contributed by atoms with Crippen molar-refractivity contribution in [2.24, 2.45) is 11.8 Å². The van der Waals surface area contributed by atoms with E-state index in [1.165, 1.54) is 11.8 Å². The fourth-order valence-electron chi connectivity index (χ4n) is 2.36. The molecule has 0 spiro atoms. The van der Waals surface area contributed by atoms with E-state index in [4.69, 9.17) is 5.26 Å². The van der Waals surface area contributed by atoms with Crippen LogP contribution in [0.25, 0.3) is 0 Å². The van der Waals surface area contributed by atoms with Crippen LogP contribution in [-0.4, -0.2) is 22.7 Å². The number of carboxylic acid groups (broad SMARTS) is 1. The molecular weight excluding hydrogens is 300 g/mol. The molecule has 0 saturated carbocycles. The van der Waals surface area contributed by atoms with Gasteiger partial charge in [0.2, 0.25) is 5.91 Å². The van der Waals surface area contributed by atoms with Crippen LogP contribution in [0.5, 0.6) is 0 Å². The third-order valence-electron chi connectivity index (χ3n) is 3.51. The number of nitrogens with zero attached hydrogens (tertiary/aromatic N) is 1. The normalized spacial score (nSPS) is 20.1. The number of nitrogens with one attached hydrogen (secondary N) is 1. The Morgan fingerprint density at radius 1 is 1.23 bits per heavy atom. The van der Waals surface area contributed by atoms with Gasteiger partial charge in [-0.3, -0.25) is 9.59 Å². The lowest BCUT2D eigenvalue weighted by molar-refractivity contribution is -0.146. The Morgan fingerprint density at radius 3 is 2.45 bits per heavy atom. The lowest BCUT2D eigenvalue weighted by atomic mass is 9.82. The molecule has 0 heterocycles. The van der Waals surface area contributed by atoms with E-state index < -0.39 is 17.8 Å². The second kappa shape index (κ2) is 7.66. The molecule has 0 aliphatic heterocycles. The quantitative estimate of drug-likeness (QED) is 0.644. The Balaban J connectivity index is 2.00. The van der Waals surface area contributed by atoms with Crippen molar-refractivity contribution in [2.75, 3.05) is 11.1 Å². The van der Waals surface area contributed by atoms with Gasteiger partial charge in [0.25, 0.3) is 0 Å². The minimum Gasteiger partial charge on any atom is -0.481 e. The van der Waals surface area contributed by atoms with Crippen LogP contribution in [0.4, 0.5) is 5.69 Å². The SMILES string of the molecule is N#CCSc1ccc(NC(=O)C2CC=CCC2C(=O)O)cc1. The van der Waals surface area contributed by atoms with Gasteiger partial charge in [-0.15, -0.1) is 11.8 Å². The third kappa shape index (κ3) is 4.12. The number of thioether (sulfide) groups is 1. The van der Waals surface area contributed by atoms with Crippen LogP contribution in [0.1, 0.15) is 12.8 Å². The first-order chi connectivity index (χ1) is 10.6. The van der Waals surface area contributed by atoms with E-state index in [1.54, 1.807) is 12.1 Å². The predicted octanol–water partition coefficient (Wildman–Crippen LogP) is 2.91. The largest absolute Gasteiger partial charge is 0.481 e. The van der Waals surface area contributed by atoms with Crippen molar-refractivity contribution in [1.82, 2.24) is 0 Å². The Bertz CT molecular complexity index is 619. The van der Waals surface area contributed by atoms with Crippen molar-refractivity contribution < 1.29 is 14.7 Å². The molecule has 22 heavy (non-hydrogen) atoms. The molecule has 2 atom stereocenters. The average molecular weight is 316 g/mol. The zero-order valence-electron chi connectivity index (χ0n) is 11.9. The number of hydrogen-bond acceptors (Lipinski definition) is 4. The standard InChI is InChI=1S/C16H16N2O3S/c17-9-10-22-12-7-5-11(6-8-12)18-15(19)13-3-1-2-4-14(13)16(20)21/h1-2,5-8,13-14H,3-4,10H2,(H,18,19)(H,20,21). The molecule has 1 aliphatic rings. The molecule has 0 radical (unpaired) electrons. The van der Waals surface area contributed by atoms with Crippen molar-refractivity contribution in [3.8, 4) is 6.07 Å².